The van der Waals surface area contributed by atoms with Crippen LogP contribution in [0.3, 0.4) is 0 Å². The molecular weight excluding hydrogens is 368 g/mol. The minimum Gasteiger partial charge on any atom is -0.456 e. The van der Waals surface area contributed by atoms with Gasteiger partial charge in [0.1, 0.15) is 6.61 Å². The molecule has 0 N–H and O–H groups in total. The van der Waals surface area contributed by atoms with E-state index in [1.165, 1.54) is 21.8 Å². The molecule has 0 fully saturated rings. The van der Waals surface area contributed by atoms with Crippen LogP contribution in [0.5, 0.6) is 0 Å². The van der Waals surface area contributed by atoms with Gasteiger partial charge in [0.25, 0.3) is 5.56 Å². The molecule has 0 aliphatic heterocycles. The van der Waals surface area contributed by atoms with Crippen molar-refractivity contribution in [2.24, 2.45) is 0 Å². The summed E-state index contributed by atoms with van der Waals surface area (Å²) in [5, 5.41) is 0. The van der Waals surface area contributed by atoms with E-state index in [0.717, 1.165) is 9.35 Å². The first kappa shape index (κ1) is 14.9. The molecule has 2 aromatic heterocycles. The number of benzene rings is 1. The van der Waals surface area contributed by atoms with E-state index in [9.17, 15) is 9.59 Å². The molecule has 0 radical (unpaired) electrons. The molecule has 0 saturated carbocycles. The van der Waals surface area contributed by atoms with Crippen LogP contribution < -0.4 is 5.56 Å². The highest BCUT2D eigenvalue weighted by atomic mass is 79.9. The highest BCUT2D eigenvalue weighted by Gasteiger charge is 2.10. The molecule has 0 aliphatic carbocycles. The predicted molar refractivity (Wildman–Crippen MR) is 87.3 cm³/mol. The highest BCUT2D eigenvalue weighted by molar-refractivity contribution is 9.10. The van der Waals surface area contributed by atoms with Gasteiger partial charge in [-0.3, -0.25) is 9.20 Å². The number of hydrogen-bond donors (Lipinski definition) is 0. The van der Waals surface area contributed by atoms with Crippen LogP contribution in [0.15, 0.2) is 45.8 Å². The molecule has 5 nitrogen and oxygen atoms in total. The second-order valence-corrected chi connectivity index (χ2v) is 6.79. The first-order valence-corrected chi connectivity index (χ1v) is 8.05. The molecule has 3 aromatic rings. The van der Waals surface area contributed by atoms with Crippen LogP contribution in [0.25, 0.3) is 4.96 Å². The van der Waals surface area contributed by atoms with E-state index < -0.39 is 5.97 Å². The van der Waals surface area contributed by atoms with Crippen LogP contribution in [0.1, 0.15) is 20.9 Å². The Morgan fingerprint density at radius 2 is 2.09 bits per heavy atom. The zero-order valence-electron chi connectivity index (χ0n) is 11.6. The molecule has 0 saturated heterocycles. The van der Waals surface area contributed by atoms with E-state index in [1.807, 2.05) is 6.92 Å². The number of hydrogen-bond acceptors (Lipinski definition) is 5. The fourth-order valence-electron chi connectivity index (χ4n) is 1.94. The molecule has 0 spiro atoms. The van der Waals surface area contributed by atoms with E-state index in [-0.39, 0.29) is 12.2 Å². The molecule has 0 aliphatic rings. The number of nitrogens with zero attached hydrogens (tertiary/aromatic N) is 2. The third-order valence-electron chi connectivity index (χ3n) is 2.97. The number of aryl methyl sites for hydroxylation is 1. The van der Waals surface area contributed by atoms with Crippen molar-refractivity contribution < 1.29 is 9.53 Å². The lowest BCUT2D eigenvalue weighted by Gasteiger charge is -2.04. The molecule has 2 heterocycles. The van der Waals surface area contributed by atoms with E-state index >= 15 is 0 Å². The summed E-state index contributed by atoms with van der Waals surface area (Å²) >= 11 is 4.72. The Kier molecular flexibility index (Phi) is 4.08. The van der Waals surface area contributed by atoms with Crippen molar-refractivity contribution in [1.29, 1.82) is 0 Å². The fraction of sp³-hybridized carbons (Fsp3) is 0.133. The number of carbonyl (C=O) groups is 1. The monoisotopic (exact) mass is 378 g/mol. The van der Waals surface area contributed by atoms with Gasteiger partial charge in [0.2, 0.25) is 0 Å². The maximum atomic E-state index is 11.9. The van der Waals surface area contributed by atoms with Crippen LogP contribution in [0, 0.1) is 6.92 Å². The molecule has 22 heavy (non-hydrogen) atoms. The van der Waals surface area contributed by atoms with Crippen LogP contribution in [0.2, 0.25) is 0 Å². The molecule has 1 aromatic carbocycles. The summed E-state index contributed by atoms with van der Waals surface area (Å²) in [4.78, 5) is 29.8. The van der Waals surface area contributed by atoms with Gasteiger partial charge in [0.05, 0.1) is 11.3 Å². The SMILES string of the molecule is Cc1cn2c(=O)cc(COC(=O)c3ccc(Br)cc3)nc2s1. The number of halogens is 1. The van der Waals surface area contributed by atoms with Gasteiger partial charge in [-0.05, 0) is 31.2 Å². The number of thiazole rings is 1. The molecule has 7 heteroatoms. The summed E-state index contributed by atoms with van der Waals surface area (Å²) in [6.07, 6.45) is 1.74. The summed E-state index contributed by atoms with van der Waals surface area (Å²) in [6, 6.07) is 8.25. The summed E-state index contributed by atoms with van der Waals surface area (Å²) in [5.74, 6) is -0.447. The van der Waals surface area contributed by atoms with Crippen LogP contribution in [-0.2, 0) is 11.3 Å². The lowest BCUT2D eigenvalue weighted by Crippen LogP contribution is -2.14. The van der Waals surface area contributed by atoms with Gasteiger partial charge >= 0.3 is 5.97 Å². The van der Waals surface area contributed by atoms with Crippen molar-refractivity contribution in [2.45, 2.75) is 13.5 Å². The zero-order chi connectivity index (χ0) is 15.7. The highest BCUT2D eigenvalue weighted by Crippen LogP contribution is 2.14. The number of fused-ring (bicyclic) bond motifs is 1. The predicted octanol–water partition coefficient (Wildman–Crippen LogP) is 3.18. The summed E-state index contributed by atoms with van der Waals surface area (Å²) in [7, 11) is 0. The second-order valence-electron chi connectivity index (χ2n) is 4.66. The van der Waals surface area contributed by atoms with Crippen molar-refractivity contribution in [3.05, 3.63) is 67.5 Å². The molecule has 0 atom stereocenters. The topological polar surface area (TPSA) is 60.7 Å². The fourth-order valence-corrected chi connectivity index (χ4v) is 3.06. The first-order chi connectivity index (χ1) is 10.5. The number of ether oxygens (including phenoxy) is 1. The van der Waals surface area contributed by atoms with E-state index in [0.29, 0.717) is 16.2 Å². The lowest BCUT2D eigenvalue weighted by atomic mass is 10.2. The number of rotatable bonds is 3. The van der Waals surface area contributed by atoms with Crippen molar-refractivity contribution in [2.75, 3.05) is 0 Å². The van der Waals surface area contributed by atoms with Crippen molar-refractivity contribution in [1.82, 2.24) is 9.38 Å². The normalized spacial score (nSPS) is 10.8. The standard InChI is InChI=1S/C15H11BrN2O3S/c1-9-7-18-13(19)6-12(17-15(18)22-9)8-21-14(20)10-2-4-11(16)5-3-10/h2-7H,8H2,1H3. The van der Waals surface area contributed by atoms with Crippen LogP contribution in [0.4, 0.5) is 0 Å². The third-order valence-corrected chi connectivity index (χ3v) is 4.39. The van der Waals surface area contributed by atoms with Gasteiger partial charge in [-0.1, -0.05) is 15.9 Å². The minimum absolute atomic E-state index is 0.0302. The first-order valence-electron chi connectivity index (χ1n) is 6.44. The van der Waals surface area contributed by atoms with Gasteiger partial charge in [-0.15, -0.1) is 11.3 Å². The second kappa shape index (κ2) is 6.02. The maximum absolute atomic E-state index is 11.9. The maximum Gasteiger partial charge on any atom is 0.338 e. The Morgan fingerprint density at radius 3 is 2.82 bits per heavy atom. The van der Waals surface area contributed by atoms with Crippen molar-refractivity contribution in [3.63, 3.8) is 0 Å². The van der Waals surface area contributed by atoms with E-state index in [2.05, 4.69) is 20.9 Å². The largest absolute Gasteiger partial charge is 0.456 e. The average molecular weight is 379 g/mol. The van der Waals surface area contributed by atoms with Gasteiger partial charge in [0.15, 0.2) is 4.96 Å². The van der Waals surface area contributed by atoms with Crippen molar-refractivity contribution >= 4 is 38.2 Å². The van der Waals surface area contributed by atoms with Crippen LogP contribution in [-0.4, -0.2) is 15.4 Å². The van der Waals surface area contributed by atoms with Gasteiger partial charge in [-0.2, -0.15) is 0 Å². The molecular formula is C15H11BrN2O3S. The smallest absolute Gasteiger partial charge is 0.338 e. The molecule has 0 unspecified atom stereocenters. The zero-order valence-corrected chi connectivity index (χ0v) is 14.0. The molecule has 0 amide bonds. The van der Waals surface area contributed by atoms with Crippen molar-refractivity contribution in [3.8, 4) is 0 Å². The van der Waals surface area contributed by atoms with Crippen LogP contribution >= 0.6 is 27.3 Å². The summed E-state index contributed by atoms with van der Waals surface area (Å²) in [5.41, 5.74) is 0.717. The minimum atomic E-state index is -0.447. The summed E-state index contributed by atoms with van der Waals surface area (Å²) in [6.45, 7) is 1.88. The Bertz CT molecular complexity index is 899. The van der Waals surface area contributed by atoms with E-state index in [4.69, 9.17) is 4.74 Å². The Hall–Kier alpha value is -1.99. The molecule has 0 bridgehead atoms. The quantitative estimate of drug-likeness (QED) is 0.656. The van der Waals surface area contributed by atoms with E-state index in [1.54, 1.807) is 30.5 Å². The number of esters is 1. The molecule has 112 valence electrons. The number of carbonyl (C=O) groups excluding carboxylic acids is 1. The Balaban J connectivity index is 1.77. The number of aromatic nitrogens is 2. The average Bonchev–Trinajstić information content (AvgIpc) is 2.86. The van der Waals surface area contributed by atoms with Gasteiger partial charge in [0, 0.05) is 21.6 Å². The van der Waals surface area contributed by atoms with Gasteiger partial charge in [-0.25, -0.2) is 9.78 Å². The van der Waals surface area contributed by atoms with Gasteiger partial charge < -0.3 is 4.74 Å². The summed E-state index contributed by atoms with van der Waals surface area (Å²) < 4.78 is 7.58. The Morgan fingerprint density at radius 1 is 1.36 bits per heavy atom. The Labute approximate surface area is 138 Å². The third kappa shape index (κ3) is 3.10. The lowest BCUT2D eigenvalue weighted by molar-refractivity contribution is 0.0468. The molecule has 3 rings (SSSR count).